The second-order valence-electron chi connectivity index (χ2n) is 8.76. The predicted molar refractivity (Wildman–Crippen MR) is 134 cm³/mol. The number of nitrogens with zero attached hydrogens (tertiary/aromatic N) is 3. The van der Waals surface area contributed by atoms with E-state index in [-0.39, 0.29) is 36.3 Å². The highest BCUT2D eigenvalue weighted by molar-refractivity contribution is 5.98. The molecule has 0 radical (unpaired) electrons. The van der Waals surface area contributed by atoms with Gasteiger partial charge >= 0.3 is 0 Å². The van der Waals surface area contributed by atoms with Gasteiger partial charge in [0.1, 0.15) is 0 Å². The number of benzene rings is 3. The lowest BCUT2D eigenvalue weighted by Crippen LogP contribution is -2.36. The minimum atomic E-state index is -0.155. The monoisotopic (exact) mass is 466 g/mol. The van der Waals surface area contributed by atoms with Gasteiger partial charge in [-0.15, -0.1) is 0 Å². The quantitative estimate of drug-likeness (QED) is 0.432. The van der Waals surface area contributed by atoms with E-state index in [2.05, 4.69) is 10.3 Å². The van der Waals surface area contributed by atoms with Gasteiger partial charge in [0, 0.05) is 44.1 Å². The SMILES string of the molecule is O=C(CCn1cnc2ccccc2c1=O)NCC(CN1Cc2ccccc2C1=O)c1ccccc1. The molecule has 1 aliphatic heterocycles. The highest BCUT2D eigenvalue weighted by atomic mass is 16.2. The lowest BCUT2D eigenvalue weighted by atomic mass is 9.98. The van der Waals surface area contributed by atoms with E-state index in [0.29, 0.717) is 30.5 Å². The van der Waals surface area contributed by atoms with Crippen LogP contribution in [0, 0.1) is 0 Å². The van der Waals surface area contributed by atoms with Gasteiger partial charge in [-0.2, -0.15) is 0 Å². The number of para-hydroxylation sites is 1. The second-order valence-corrected chi connectivity index (χ2v) is 8.76. The summed E-state index contributed by atoms with van der Waals surface area (Å²) < 4.78 is 1.47. The van der Waals surface area contributed by atoms with E-state index in [1.54, 1.807) is 18.2 Å². The Hall–Kier alpha value is -4.26. The van der Waals surface area contributed by atoms with Gasteiger partial charge in [-0.1, -0.05) is 60.7 Å². The number of nitrogens with one attached hydrogen (secondary N) is 1. The fourth-order valence-electron chi connectivity index (χ4n) is 4.55. The van der Waals surface area contributed by atoms with Crippen LogP contribution in [0.4, 0.5) is 0 Å². The lowest BCUT2D eigenvalue weighted by molar-refractivity contribution is -0.121. The standard InChI is InChI=1S/C28H26N4O3/c33-26(14-15-31-19-30-25-13-7-6-12-24(25)28(31)35)29-16-22(20-8-2-1-3-9-20)18-32-17-21-10-4-5-11-23(21)27(32)34/h1-13,19,22H,14-18H2,(H,29,33). The Morgan fingerprint density at radius 1 is 0.943 bits per heavy atom. The molecule has 176 valence electrons. The molecule has 0 aliphatic carbocycles. The van der Waals surface area contributed by atoms with Crippen LogP contribution in [-0.4, -0.2) is 39.4 Å². The minimum absolute atomic E-state index is 0.0241. The van der Waals surface area contributed by atoms with Crippen molar-refractivity contribution in [2.45, 2.75) is 25.4 Å². The molecular formula is C28H26N4O3. The molecular weight excluding hydrogens is 440 g/mol. The Morgan fingerprint density at radius 3 is 2.51 bits per heavy atom. The summed E-state index contributed by atoms with van der Waals surface area (Å²) in [5.41, 5.74) is 3.33. The molecule has 1 aliphatic rings. The summed E-state index contributed by atoms with van der Waals surface area (Å²) in [5, 5.41) is 3.54. The predicted octanol–water partition coefficient (Wildman–Crippen LogP) is 3.34. The summed E-state index contributed by atoms with van der Waals surface area (Å²) in [6.45, 7) is 1.72. The minimum Gasteiger partial charge on any atom is -0.355 e. The number of aromatic nitrogens is 2. The maximum absolute atomic E-state index is 12.9. The number of fused-ring (bicyclic) bond motifs is 2. The molecule has 5 rings (SSSR count). The molecule has 0 saturated heterocycles. The van der Waals surface area contributed by atoms with Crippen molar-refractivity contribution in [1.82, 2.24) is 19.8 Å². The van der Waals surface area contributed by atoms with Gasteiger partial charge in [0.25, 0.3) is 11.5 Å². The normalized spacial score (nSPS) is 13.6. The van der Waals surface area contributed by atoms with Crippen LogP contribution >= 0.6 is 0 Å². The van der Waals surface area contributed by atoms with E-state index >= 15 is 0 Å². The average molecular weight is 467 g/mol. The molecule has 1 atom stereocenters. The number of carbonyl (C=O) groups is 2. The molecule has 2 amide bonds. The maximum atomic E-state index is 12.9. The van der Waals surface area contributed by atoms with Crippen molar-refractivity contribution < 1.29 is 9.59 Å². The van der Waals surface area contributed by atoms with Crippen molar-refractivity contribution in [3.63, 3.8) is 0 Å². The Bertz CT molecular complexity index is 1430. The summed E-state index contributed by atoms with van der Waals surface area (Å²) in [7, 11) is 0. The molecule has 35 heavy (non-hydrogen) atoms. The topological polar surface area (TPSA) is 84.3 Å². The molecule has 1 unspecified atom stereocenters. The molecule has 0 fully saturated rings. The summed E-state index contributed by atoms with van der Waals surface area (Å²) in [5.74, 6) is -0.179. The highest BCUT2D eigenvalue weighted by Crippen LogP contribution is 2.26. The summed E-state index contributed by atoms with van der Waals surface area (Å²) >= 11 is 0. The summed E-state index contributed by atoms with van der Waals surface area (Å²) in [6, 6.07) is 24.8. The zero-order chi connectivity index (χ0) is 24.2. The van der Waals surface area contributed by atoms with Crippen LogP contribution in [0.25, 0.3) is 10.9 Å². The van der Waals surface area contributed by atoms with Crippen molar-refractivity contribution in [1.29, 1.82) is 0 Å². The zero-order valence-corrected chi connectivity index (χ0v) is 19.3. The first-order valence-electron chi connectivity index (χ1n) is 11.7. The average Bonchev–Trinajstić information content (AvgIpc) is 3.22. The van der Waals surface area contributed by atoms with Gasteiger partial charge in [-0.25, -0.2) is 4.98 Å². The van der Waals surface area contributed by atoms with Crippen LogP contribution < -0.4 is 10.9 Å². The number of rotatable bonds is 8. The van der Waals surface area contributed by atoms with Crippen molar-refractivity contribution >= 4 is 22.7 Å². The van der Waals surface area contributed by atoms with E-state index in [1.165, 1.54) is 10.9 Å². The number of hydrogen-bond donors (Lipinski definition) is 1. The van der Waals surface area contributed by atoms with E-state index in [1.807, 2.05) is 65.6 Å². The second kappa shape index (κ2) is 9.93. The van der Waals surface area contributed by atoms with Crippen LogP contribution in [0.1, 0.15) is 33.8 Å². The van der Waals surface area contributed by atoms with Crippen LogP contribution in [0.2, 0.25) is 0 Å². The fourth-order valence-corrected chi connectivity index (χ4v) is 4.55. The van der Waals surface area contributed by atoms with Crippen molar-refractivity contribution in [2.75, 3.05) is 13.1 Å². The molecule has 1 N–H and O–H groups in total. The molecule has 0 spiro atoms. The molecule has 4 aromatic rings. The number of amides is 2. The number of carbonyl (C=O) groups excluding carboxylic acids is 2. The molecule has 3 aromatic carbocycles. The van der Waals surface area contributed by atoms with E-state index in [0.717, 1.165) is 16.7 Å². The van der Waals surface area contributed by atoms with Gasteiger partial charge in [-0.05, 0) is 29.3 Å². The summed E-state index contributed by atoms with van der Waals surface area (Å²) in [4.78, 5) is 44.4. The third-order valence-electron chi connectivity index (χ3n) is 6.46. The first-order chi connectivity index (χ1) is 17.1. The van der Waals surface area contributed by atoms with Crippen molar-refractivity contribution in [2.24, 2.45) is 0 Å². The molecule has 0 bridgehead atoms. The van der Waals surface area contributed by atoms with Gasteiger partial charge < -0.3 is 10.2 Å². The van der Waals surface area contributed by atoms with Crippen molar-refractivity contribution in [3.8, 4) is 0 Å². The Balaban J connectivity index is 1.23. The molecule has 0 saturated carbocycles. The van der Waals surface area contributed by atoms with Crippen LogP contribution in [0.5, 0.6) is 0 Å². The number of hydrogen-bond acceptors (Lipinski definition) is 4. The van der Waals surface area contributed by atoms with Crippen LogP contribution in [-0.2, 0) is 17.9 Å². The lowest BCUT2D eigenvalue weighted by Gasteiger charge is -2.24. The van der Waals surface area contributed by atoms with Crippen molar-refractivity contribution in [3.05, 3.63) is 112 Å². The number of aryl methyl sites for hydroxylation is 1. The van der Waals surface area contributed by atoms with Gasteiger partial charge in [0.15, 0.2) is 0 Å². The maximum Gasteiger partial charge on any atom is 0.261 e. The van der Waals surface area contributed by atoms with Gasteiger partial charge in [0.2, 0.25) is 5.91 Å². The third kappa shape index (κ3) is 4.84. The van der Waals surface area contributed by atoms with Gasteiger partial charge in [-0.3, -0.25) is 19.0 Å². The molecule has 2 heterocycles. The zero-order valence-electron chi connectivity index (χ0n) is 19.3. The molecule has 1 aromatic heterocycles. The largest absolute Gasteiger partial charge is 0.355 e. The fraction of sp³-hybridized carbons (Fsp3) is 0.214. The Labute approximate surface area is 203 Å². The van der Waals surface area contributed by atoms with E-state index in [9.17, 15) is 14.4 Å². The van der Waals surface area contributed by atoms with Crippen LogP contribution in [0.15, 0.2) is 90.0 Å². The molecule has 7 heteroatoms. The Morgan fingerprint density at radius 2 is 1.69 bits per heavy atom. The highest BCUT2D eigenvalue weighted by Gasteiger charge is 2.29. The van der Waals surface area contributed by atoms with E-state index in [4.69, 9.17) is 0 Å². The smallest absolute Gasteiger partial charge is 0.261 e. The molecule has 7 nitrogen and oxygen atoms in total. The van der Waals surface area contributed by atoms with Crippen LogP contribution in [0.3, 0.4) is 0 Å². The summed E-state index contributed by atoms with van der Waals surface area (Å²) in [6.07, 6.45) is 1.65. The third-order valence-corrected chi connectivity index (χ3v) is 6.46. The first-order valence-corrected chi connectivity index (χ1v) is 11.7. The first kappa shape index (κ1) is 22.5. The van der Waals surface area contributed by atoms with Gasteiger partial charge in [0.05, 0.1) is 17.2 Å². The van der Waals surface area contributed by atoms with E-state index < -0.39 is 0 Å². The Kier molecular flexibility index (Phi) is 6.39.